The van der Waals surface area contributed by atoms with E-state index in [2.05, 4.69) is 5.32 Å². The Morgan fingerprint density at radius 1 is 1.33 bits per heavy atom. The van der Waals surface area contributed by atoms with Crippen molar-refractivity contribution >= 4 is 23.2 Å². The number of rotatable bonds is 5. The van der Waals surface area contributed by atoms with Crippen LogP contribution in [-0.4, -0.2) is 11.8 Å². The summed E-state index contributed by atoms with van der Waals surface area (Å²) in [4.78, 5) is 11.3. The third-order valence-electron chi connectivity index (χ3n) is 1.94. The molecule has 0 aliphatic rings. The molecule has 1 aromatic carbocycles. The van der Waals surface area contributed by atoms with Gasteiger partial charge >= 0.3 is 0 Å². The van der Waals surface area contributed by atoms with Gasteiger partial charge in [0.05, 0.1) is 5.69 Å². The Kier molecular flexibility index (Phi) is 5.12. The largest absolute Gasteiger partial charge is 0.324 e. The molecule has 0 fully saturated rings. The number of alkyl halides is 1. The fourth-order valence-electron chi connectivity index (χ4n) is 1.16. The van der Waals surface area contributed by atoms with E-state index in [9.17, 15) is 9.18 Å². The van der Waals surface area contributed by atoms with E-state index >= 15 is 0 Å². The molecule has 1 N–H and O–H groups in total. The fraction of sp³-hybridized carbons (Fsp3) is 0.364. The lowest BCUT2D eigenvalue weighted by molar-refractivity contribution is -0.116. The highest BCUT2D eigenvalue weighted by Crippen LogP contribution is 2.13. The molecule has 1 rings (SSSR count). The Bertz CT molecular complexity index is 330. The Balaban J connectivity index is 2.41. The van der Waals surface area contributed by atoms with Crippen LogP contribution < -0.4 is 5.32 Å². The first-order valence-electron chi connectivity index (χ1n) is 4.84. The summed E-state index contributed by atoms with van der Waals surface area (Å²) in [5, 5.41) is 2.51. The second kappa shape index (κ2) is 6.40. The number of benzene rings is 1. The van der Waals surface area contributed by atoms with Crippen LogP contribution in [0.15, 0.2) is 24.3 Å². The van der Waals surface area contributed by atoms with Crippen LogP contribution in [0, 0.1) is 5.82 Å². The summed E-state index contributed by atoms with van der Waals surface area (Å²) >= 11 is 5.48. The van der Waals surface area contributed by atoms with Gasteiger partial charge in [-0.3, -0.25) is 4.79 Å². The number of nitrogens with one attached hydrogen (secondary N) is 1. The van der Waals surface area contributed by atoms with E-state index in [1.54, 1.807) is 12.1 Å². The highest BCUT2D eigenvalue weighted by atomic mass is 35.5. The van der Waals surface area contributed by atoms with Crippen molar-refractivity contribution in [3.63, 3.8) is 0 Å². The number of hydrogen-bond donors (Lipinski definition) is 1. The number of carbonyl (C=O) groups excluding carboxylic acids is 1. The Labute approximate surface area is 93.4 Å². The second-order valence-electron chi connectivity index (χ2n) is 3.17. The first-order chi connectivity index (χ1) is 7.24. The molecule has 0 aliphatic carbocycles. The maximum Gasteiger partial charge on any atom is 0.224 e. The first kappa shape index (κ1) is 12.0. The molecule has 0 spiro atoms. The minimum absolute atomic E-state index is 0.176. The van der Waals surface area contributed by atoms with Crippen LogP contribution in [0.25, 0.3) is 0 Å². The molecular weight excluding hydrogens is 217 g/mol. The molecule has 82 valence electrons. The van der Waals surface area contributed by atoms with Crippen LogP contribution in [0.1, 0.15) is 19.3 Å². The highest BCUT2D eigenvalue weighted by Gasteiger charge is 2.05. The summed E-state index contributed by atoms with van der Waals surface area (Å²) in [6.07, 6.45) is 1.90. The number of amides is 1. The molecule has 0 bridgehead atoms. The minimum Gasteiger partial charge on any atom is -0.324 e. The molecule has 0 saturated carbocycles. The zero-order valence-corrected chi connectivity index (χ0v) is 9.06. The SMILES string of the molecule is O=C(CCCCCl)Nc1ccccc1F. The number of hydrogen-bond acceptors (Lipinski definition) is 1. The molecule has 1 amide bonds. The number of unbranched alkanes of at least 4 members (excludes halogenated alkanes) is 1. The van der Waals surface area contributed by atoms with E-state index in [-0.39, 0.29) is 11.6 Å². The lowest BCUT2D eigenvalue weighted by atomic mass is 10.2. The van der Waals surface area contributed by atoms with Crippen molar-refractivity contribution in [2.45, 2.75) is 19.3 Å². The standard InChI is InChI=1S/C11H13ClFNO/c12-8-4-3-7-11(15)14-10-6-2-1-5-9(10)13/h1-2,5-6H,3-4,7-8H2,(H,14,15). The van der Waals surface area contributed by atoms with Crippen molar-refractivity contribution < 1.29 is 9.18 Å². The number of carbonyl (C=O) groups is 1. The Morgan fingerprint density at radius 2 is 2.07 bits per heavy atom. The molecule has 0 aromatic heterocycles. The van der Waals surface area contributed by atoms with Crippen LogP contribution in [0.4, 0.5) is 10.1 Å². The van der Waals surface area contributed by atoms with E-state index in [1.807, 2.05) is 0 Å². The van der Waals surface area contributed by atoms with Gasteiger partial charge in [0, 0.05) is 12.3 Å². The third-order valence-corrected chi connectivity index (χ3v) is 2.20. The lowest BCUT2D eigenvalue weighted by Gasteiger charge is -2.05. The Morgan fingerprint density at radius 3 is 2.73 bits per heavy atom. The summed E-state index contributed by atoms with van der Waals surface area (Å²) in [5.41, 5.74) is 0.230. The van der Waals surface area contributed by atoms with Gasteiger partial charge in [-0.05, 0) is 25.0 Å². The number of para-hydroxylation sites is 1. The van der Waals surface area contributed by atoms with Crippen LogP contribution >= 0.6 is 11.6 Å². The molecule has 1 aromatic rings. The predicted octanol–water partition coefficient (Wildman–Crippen LogP) is 3.17. The zero-order chi connectivity index (χ0) is 11.1. The molecule has 0 radical (unpaired) electrons. The van der Waals surface area contributed by atoms with Gasteiger partial charge in [-0.2, -0.15) is 0 Å². The average molecular weight is 230 g/mol. The van der Waals surface area contributed by atoms with Gasteiger partial charge in [0.2, 0.25) is 5.91 Å². The molecule has 4 heteroatoms. The van der Waals surface area contributed by atoms with Gasteiger partial charge in [-0.25, -0.2) is 4.39 Å². The third kappa shape index (κ3) is 4.30. The van der Waals surface area contributed by atoms with Crippen molar-refractivity contribution in [1.29, 1.82) is 0 Å². The van der Waals surface area contributed by atoms with Gasteiger partial charge in [-0.1, -0.05) is 12.1 Å². The summed E-state index contributed by atoms with van der Waals surface area (Å²) in [7, 11) is 0. The van der Waals surface area contributed by atoms with Gasteiger partial charge in [0.15, 0.2) is 0 Å². The lowest BCUT2D eigenvalue weighted by Crippen LogP contribution is -2.12. The quantitative estimate of drug-likeness (QED) is 0.610. The molecule has 0 unspecified atom stereocenters. The van der Waals surface area contributed by atoms with Gasteiger partial charge < -0.3 is 5.32 Å². The minimum atomic E-state index is -0.414. The monoisotopic (exact) mass is 229 g/mol. The van der Waals surface area contributed by atoms with Gasteiger partial charge in [-0.15, -0.1) is 11.6 Å². The van der Waals surface area contributed by atoms with E-state index in [0.29, 0.717) is 12.3 Å². The average Bonchev–Trinajstić information content (AvgIpc) is 2.22. The van der Waals surface area contributed by atoms with Crippen molar-refractivity contribution in [2.75, 3.05) is 11.2 Å². The molecule has 0 aliphatic heterocycles. The van der Waals surface area contributed by atoms with E-state index in [0.717, 1.165) is 12.8 Å². The fourth-order valence-corrected chi connectivity index (χ4v) is 1.34. The van der Waals surface area contributed by atoms with Crippen molar-refractivity contribution in [3.8, 4) is 0 Å². The van der Waals surface area contributed by atoms with Crippen LogP contribution in [0.2, 0.25) is 0 Å². The summed E-state index contributed by atoms with van der Waals surface area (Å²) in [6, 6.07) is 6.11. The summed E-state index contributed by atoms with van der Waals surface area (Å²) in [5.74, 6) is -0.0408. The summed E-state index contributed by atoms with van der Waals surface area (Å²) < 4.78 is 13.1. The van der Waals surface area contributed by atoms with E-state index in [4.69, 9.17) is 11.6 Å². The van der Waals surface area contributed by atoms with Gasteiger partial charge in [0.1, 0.15) is 5.82 Å². The molecule has 0 atom stereocenters. The Hall–Kier alpha value is -1.09. The molecule has 0 heterocycles. The zero-order valence-electron chi connectivity index (χ0n) is 8.30. The van der Waals surface area contributed by atoms with Gasteiger partial charge in [0.25, 0.3) is 0 Å². The second-order valence-corrected chi connectivity index (χ2v) is 3.55. The maximum absolute atomic E-state index is 13.1. The topological polar surface area (TPSA) is 29.1 Å². The molecular formula is C11H13ClFNO. The van der Waals surface area contributed by atoms with Crippen LogP contribution in [0.5, 0.6) is 0 Å². The highest BCUT2D eigenvalue weighted by molar-refractivity contribution is 6.17. The number of anilines is 1. The smallest absolute Gasteiger partial charge is 0.224 e. The van der Waals surface area contributed by atoms with E-state index in [1.165, 1.54) is 12.1 Å². The summed E-state index contributed by atoms with van der Waals surface area (Å²) in [6.45, 7) is 0. The molecule has 2 nitrogen and oxygen atoms in total. The van der Waals surface area contributed by atoms with E-state index < -0.39 is 5.82 Å². The van der Waals surface area contributed by atoms with Crippen molar-refractivity contribution in [3.05, 3.63) is 30.1 Å². The van der Waals surface area contributed by atoms with Crippen molar-refractivity contribution in [2.24, 2.45) is 0 Å². The van der Waals surface area contributed by atoms with Crippen LogP contribution in [0.3, 0.4) is 0 Å². The van der Waals surface area contributed by atoms with Crippen LogP contribution in [-0.2, 0) is 4.79 Å². The molecule has 0 saturated heterocycles. The molecule has 15 heavy (non-hydrogen) atoms. The first-order valence-corrected chi connectivity index (χ1v) is 5.38. The normalized spacial score (nSPS) is 10.0. The number of halogens is 2. The maximum atomic E-state index is 13.1. The van der Waals surface area contributed by atoms with Crippen molar-refractivity contribution in [1.82, 2.24) is 0 Å². The predicted molar refractivity (Wildman–Crippen MR) is 59.6 cm³/mol.